The van der Waals surface area contributed by atoms with Crippen molar-refractivity contribution in [2.75, 3.05) is 46.3 Å². The highest BCUT2D eigenvalue weighted by molar-refractivity contribution is 5.00. The molecular weight excluding hydrogens is 186 g/mol. The third-order valence-corrected chi connectivity index (χ3v) is 2.80. The van der Waals surface area contributed by atoms with Gasteiger partial charge >= 0.3 is 0 Å². The summed E-state index contributed by atoms with van der Waals surface area (Å²) in [4.78, 5) is 4.87. The van der Waals surface area contributed by atoms with Crippen LogP contribution in [0.2, 0.25) is 0 Å². The fourth-order valence-electron chi connectivity index (χ4n) is 1.73. The van der Waals surface area contributed by atoms with E-state index in [0.717, 1.165) is 13.1 Å². The Morgan fingerprint density at radius 3 is 2.40 bits per heavy atom. The van der Waals surface area contributed by atoms with E-state index in [1.54, 1.807) is 0 Å². The van der Waals surface area contributed by atoms with E-state index in [0.29, 0.717) is 6.04 Å². The molecule has 0 aromatic rings. The summed E-state index contributed by atoms with van der Waals surface area (Å²) in [6.45, 7) is 15.2. The van der Waals surface area contributed by atoms with Crippen LogP contribution in [0.1, 0.15) is 13.8 Å². The lowest BCUT2D eigenvalue weighted by Gasteiger charge is -2.32. The molecule has 0 saturated carbocycles. The molecule has 0 aromatic heterocycles. The van der Waals surface area contributed by atoms with Crippen LogP contribution in [0.4, 0.5) is 0 Å². The van der Waals surface area contributed by atoms with Gasteiger partial charge in [0.1, 0.15) is 0 Å². The number of nitrogens with zero attached hydrogens (tertiary/aromatic N) is 2. The molecule has 0 radical (unpaired) electrons. The lowest BCUT2D eigenvalue weighted by molar-refractivity contribution is 0.163. The smallest absolute Gasteiger partial charge is 0.0203 e. The Kier molecular flexibility index (Phi) is 5.29. The minimum atomic E-state index is 0.550. The van der Waals surface area contributed by atoms with Gasteiger partial charge in [0.25, 0.3) is 0 Å². The van der Waals surface area contributed by atoms with Crippen molar-refractivity contribution in [3.8, 4) is 0 Å². The van der Waals surface area contributed by atoms with Gasteiger partial charge in [0.2, 0.25) is 0 Å². The average Bonchev–Trinajstić information content (AvgIpc) is 2.19. The Hall–Kier alpha value is -0.380. The Labute approximate surface area is 94.1 Å². The van der Waals surface area contributed by atoms with E-state index in [1.807, 2.05) is 0 Å². The van der Waals surface area contributed by atoms with Gasteiger partial charge in [0.15, 0.2) is 0 Å². The number of nitrogens with one attached hydrogen (secondary N) is 1. The average molecular weight is 211 g/mol. The number of piperazine rings is 1. The van der Waals surface area contributed by atoms with Crippen LogP contribution < -0.4 is 5.32 Å². The highest BCUT2D eigenvalue weighted by Crippen LogP contribution is 2.02. The van der Waals surface area contributed by atoms with Gasteiger partial charge in [-0.05, 0) is 12.6 Å². The second kappa shape index (κ2) is 6.26. The molecule has 0 unspecified atom stereocenters. The van der Waals surface area contributed by atoms with Crippen LogP contribution >= 0.6 is 0 Å². The zero-order valence-electron chi connectivity index (χ0n) is 10.4. The number of rotatable bonds is 5. The van der Waals surface area contributed by atoms with Crippen LogP contribution in [0.25, 0.3) is 0 Å². The first-order valence-corrected chi connectivity index (χ1v) is 5.89. The Morgan fingerprint density at radius 2 is 1.87 bits per heavy atom. The van der Waals surface area contributed by atoms with Gasteiger partial charge in [0.05, 0.1) is 0 Å². The van der Waals surface area contributed by atoms with Crippen LogP contribution in [0.5, 0.6) is 0 Å². The van der Waals surface area contributed by atoms with Gasteiger partial charge in [0, 0.05) is 45.3 Å². The maximum atomic E-state index is 4.12. The Balaban J connectivity index is 2.15. The van der Waals surface area contributed by atoms with Crippen molar-refractivity contribution in [1.82, 2.24) is 15.1 Å². The molecule has 1 N–H and O–H groups in total. The van der Waals surface area contributed by atoms with E-state index in [1.165, 1.54) is 31.8 Å². The largest absolute Gasteiger partial charge is 0.311 e. The van der Waals surface area contributed by atoms with Crippen molar-refractivity contribution in [2.24, 2.45) is 0 Å². The number of hydrogen-bond donors (Lipinski definition) is 1. The van der Waals surface area contributed by atoms with Gasteiger partial charge in [-0.3, -0.25) is 4.90 Å². The van der Waals surface area contributed by atoms with Gasteiger partial charge in [-0.25, -0.2) is 0 Å². The molecular formula is C12H25N3. The summed E-state index contributed by atoms with van der Waals surface area (Å²) in [6, 6.07) is 0.550. The molecule has 88 valence electrons. The fourth-order valence-corrected chi connectivity index (χ4v) is 1.73. The topological polar surface area (TPSA) is 18.5 Å². The zero-order valence-corrected chi connectivity index (χ0v) is 10.4. The summed E-state index contributed by atoms with van der Waals surface area (Å²) < 4.78 is 0. The maximum Gasteiger partial charge on any atom is 0.0203 e. The lowest BCUT2D eigenvalue weighted by Crippen LogP contribution is -2.45. The van der Waals surface area contributed by atoms with E-state index >= 15 is 0 Å². The van der Waals surface area contributed by atoms with Crippen molar-refractivity contribution in [3.63, 3.8) is 0 Å². The van der Waals surface area contributed by atoms with E-state index in [4.69, 9.17) is 0 Å². The maximum absolute atomic E-state index is 4.12. The van der Waals surface area contributed by atoms with Gasteiger partial charge in [-0.15, -0.1) is 0 Å². The van der Waals surface area contributed by atoms with E-state index in [9.17, 15) is 0 Å². The van der Waals surface area contributed by atoms with Crippen LogP contribution in [-0.2, 0) is 0 Å². The normalized spacial score (nSPS) is 19.7. The van der Waals surface area contributed by atoms with Crippen LogP contribution in [0.15, 0.2) is 12.2 Å². The third kappa shape index (κ3) is 5.30. The molecule has 0 atom stereocenters. The Morgan fingerprint density at radius 1 is 1.27 bits per heavy atom. The molecule has 0 aromatic carbocycles. The molecule has 0 spiro atoms. The Bertz CT molecular complexity index is 193. The molecule has 3 nitrogen and oxygen atoms in total. The molecule has 0 amide bonds. The fraction of sp³-hybridized carbons (Fsp3) is 0.833. The highest BCUT2D eigenvalue weighted by Gasteiger charge is 2.13. The van der Waals surface area contributed by atoms with E-state index < -0.39 is 0 Å². The minimum absolute atomic E-state index is 0.550. The minimum Gasteiger partial charge on any atom is -0.311 e. The molecule has 1 heterocycles. The molecule has 0 aliphatic carbocycles. The summed E-state index contributed by atoms with van der Waals surface area (Å²) in [7, 11) is 2.19. The monoisotopic (exact) mass is 211 g/mol. The van der Waals surface area contributed by atoms with Crippen LogP contribution in [0, 0.1) is 0 Å². The van der Waals surface area contributed by atoms with Gasteiger partial charge in [-0.2, -0.15) is 0 Å². The van der Waals surface area contributed by atoms with Crippen molar-refractivity contribution in [2.45, 2.75) is 19.9 Å². The van der Waals surface area contributed by atoms with Gasteiger partial charge < -0.3 is 10.2 Å². The lowest BCUT2D eigenvalue weighted by atomic mass is 10.2. The molecule has 1 aliphatic rings. The predicted molar refractivity (Wildman–Crippen MR) is 66.2 cm³/mol. The van der Waals surface area contributed by atoms with Crippen molar-refractivity contribution in [3.05, 3.63) is 12.2 Å². The van der Waals surface area contributed by atoms with Crippen LogP contribution in [-0.4, -0.2) is 62.2 Å². The summed E-state index contributed by atoms with van der Waals surface area (Å²) in [5.41, 5.74) is 1.30. The second-order valence-electron chi connectivity index (χ2n) is 4.87. The first kappa shape index (κ1) is 12.7. The van der Waals surface area contributed by atoms with Gasteiger partial charge in [-0.1, -0.05) is 20.4 Å². The zero-order chi connectivity index (χ0) is 11.3. The molecule has 1 rings (SSSR count). The SMILES string of the molecule is C=C(CNC(C)C)CN1CCN(C)CC1. The summed E-state index contributed by atoms with van der Waals surface area (Å²) >= 11 is 0. The standard InChI is InChI=1S/C12H25N3/c1-11(2)13-9-12(3)10-15-7-5-14(4)6-8-15/h11,13H,3,5-10H2,1-2,4H3. The third-order valence-electron chi connectivity index (χ3n) is 2.80. The predicted octanol–water partition coefficient (Wildman–Crippen LogP) is 0.788. The van der Waals surface area contributed by atoms with Crippen molar-refractivity contribution in [1.29, 1.82) is 0 Å². The summed E-state index contributed by atoms with van der Waals surface area (Å²) in [5, 5.41) is 3.41. The first-order valence-electron chi connectivity index (χ1n) is 5.89. The molecule has 0 bridgehead atoms. The number of hydrogen-bond acceptors (Lipinski definition) is 3. The molecule has 3 heteroatoms. The molecule has 1 fully saturated rings. The molecule has 15 heavy (non-hydrogen) atoms. The second-order valence-corrected chi connectivity index (χ2v) is 4.87. The number of likely N-dealkylation sites (N-methyl/N-ethyl adjacent to an activating group) is 1. The van der Waals surface area contributed by atoms with Crippen LogP contribution in [0.3, 0.4) is 0 Å². The highest BCUT2D eigenvalue weighted by atomic mass is 15.2. The van der Waals surface area contributed by atoms with Crippen molar-refractivity contribution < 1.29 is 0 Å². The summed E-state index contributed by atoms with van der Waals surface area (Å²) in [6.07, 6.45) is 0. The molecule has 1 aliphatic heterocycles. The quantitative estimate of drug-likeness (QED) is 0.678. The van der Waals surface area contributed by atoms with E-state index in [-0.39, 0.29) is 0 Å². The summed E-state index contributed by atoms with van der Waals surface area (Å²) in [5.74, 6) is 0. The first-order chi connectivity index (χ1) is 7.08. The molecule has 1 saturated heterocycles. The van der Waals surface area contributed by atoms with E-state index in [2.05, 4.69) is 42.6 Å². The van der Waals surface area contributed by atoms with Crippen molar-refractivity contribution >= 4 is 0 Å².